The van der Waals surface area contributed by atoms with E-state index in [4.69, 9.17) is 5.11 Å². The van der Waals surface area contributed by atoms with Crippen molar-refractivity contribution in [1.82, 2.24) is 10.6 Å². The van der Waals surface area contributed by atoms with Gasteiger partial charge in [0.15, 0.2) is 0 Å². The molecule has 0 amide bonds. The standard InChI is InChI=1S/C7H14N2O2/c1-2-8-5-3-4-9-6(5)7(10)11/h5-6,8-9H,2-4H2,1H3,(H,10,11)/t5?,6-/m0/s1. The molecule has 1 unspecified atom stereocenters. The molecule has 64 valence electrons. The molecule has 0 saturated carbocycles. The minimum atomic E-state index is -0.756. The third kappa shape index (κ3) is 1.91. The molecule has 0 bridgehead atoms. The summed E-state index contributed by atoms with van der Waals surface area (Å²) in [6.45, 7) is 3.61. The number of hydrogen-bond donors (Lipinski definition) is 3. The molecule has 1 aliphatic rings. The maximum Gasteiger partial charge on any atom is 0.322 e. The van der Waals surface area contributed by atoms with E-state index in [9.17, 15) is 4.79 Å². The third-order valence-corrected chi connectivity index (χ3v) is 1.95. The molecule has 1 fully saturated rings. The van der Waals surface area contributed by atoms with Crippen LogP contribution >= 0.6 is 0 Å². The van der Waals surface area contributed by atoms with E-state index in [0.29, 0.717) is 0 Å². The Morgan fingerprint density at radius 2 is 2.55 bits per heavy atom. The van der Waals surface area contributed by atoms with E-state index in [1.807, 2.05) is 6.92 Å². The summed E-state index contributed by atoms with van der Waals surface area (Å²) in [6.07, 6.45) is 0.908. The predicted octanol–water partition coefficient (Wildman–Crippen LogP) is -0.589. The van der Waals surface area contributed by atoms with Crippen molar-refractivity contribution in [2.45, 2.75) is 25.4 Å². The number of rotatable bonds is 3. The monoisotopic (exact) mass is 158 g/mol. The van der Waals surface area contributed by atoms with Gasteiger partial charge in [-0.25, -0.2) is 0 Å². The van der Waals surface area contributed by atoms with Crippen LogP contribution in [0.1, 0.15) is 13.3 Å². The fourth-order valence-corrected chi connectivity index (χ4v) is 1.44. The van der Waals surface area contributed by atoms with Crippen molar-refractivity contribution in [2.24, 2.45) is 0 Å². The van der Waals surface area contributed by atoms with Gasteiger partial charge < -0.3 is 15.7 Å². The number of carboxylic acid groups (broad SMARTS) is 1. The zero-order valence-electron chi connectivity index (χ0n) is 6.63. The molecule has 1 rings (SSSR count). The molecule has 11 heavy (non-hydrogen) atoms. The highest BCUT2D eigenvalue weighted by Crippen LogP contribution is 2.06. The Bertz CT molecular complexity index is 149. The van der Waals surface area contributed by atoms with Crippen LogP contribution in [0.3, 0.4) is 0 Å². The van der Waals surface area contributed by atoms with Gasteiger partial charge in [0.1, 0.15) is 6.04 Å². The van der Waals surface area contributed by atoms with Crippen LogP contribution in [-0.4, -0.2) is 36.2 Å². The molecular weight excluding hydrogens is 144 g/mol. The van der Waals surface area contributed by atoms with Gasteiger partial charge in [0, 0.05) is 6.04 Å². The van der Waals surface area contributed by atoms with Crippen molar-refractivity contribution < 1.29 is 9.90 Å². The van der Waals surface area contributed by atoms with Crippen LogP contribution in [0.25, 0.3) is 0 Å². The summed E-state index contributed by atoms with van der Waals surface area (Å²) in [6, 6.07) is -0.285. The van der Waals surface area contributed by atoms with E-state index in [-0.39, 0.29) is 6.04 Å². The van der Waals surface area contributed by atoms with Gasteiger partial charge in [-0.1, -0.05) is 6.92 Å². The first kappa shape index (κ1) is 8.49. The highest BCUT2D eigenvalue weighted by molar-refractivity contribution is 5.74. The highest BCUT2D eigenvalue weighted by Gasteiger charge is 2.31. The summed E-state index contributed by atoms with van der Waals surface area (Å²) in [5.41, 5.74) is 0. The second kappa shape index (κ2) is 3.69. The van der Waals surface area contributed by atoms with Crippen molar-refractivity contribution in [3.63, 3.8) is 0 Å². The van der Waals surface area contributed by atoms with Crippen LogP contribution in [0.5, 0.6) is 0 Å². The largest absolute Gasteiger partial charge is 0.480 e. The van der Waals surface area contributed by atoms with Gasteiger partial charge in [-0.2, -0.15) is 0 Å². The predicted molar refractivity (Wildman–Crippen MR) is 41.5 cm³/mol. The molecule has 4 nitrogen and oxygen atoms in total. The van der Waals surface area contributed by atoms with E-state index in [1.54, 1.807) is 0 Å². The van der Waals surface area contributed by atoms with Crippen molar-refractivity contribution in [1.29, 1.82) is 0 Å². The number of carboxylic acids is 1. The molecule has 0 aromatic carbocycles. The first-order chi connectivity index (χ1) is 5.25. The number of carbonyl (C=O) groups is 1. The van der Waals surface area contributed by atoms with Crippen molar-refractivity contribution in [3.05, 3.63) is 0 Å². The maximum atomic E-state index is 10.6. The Kier molecular flexibility index (Phi) is 2.84. The summed E-state index contributed by atoms with van der Waals surface area (Å²) in [4.78, 5) is 10.6. The molecular formula is C7H14N2O2. The fourth-order valence-electron chi connectivity index (χ4n) is 1.44. The van der Waals surface area contributed by atoms with Crippen molar-refractivity contribution >= 4 is 5.97 Å². The van der Waals surface area contributed by atoms with Crippen LogP contribution in [0.2, 0.25) is 0 Å². The SMILES string of the molecule is CCNC1CCN[C@@H]1C(=O)O. The highest BCUT2D eigenvalue weighted by atomic mass is 16.4. The Morgan fingerprint density at radius 1 is 1.82 bits per heavy atom. The van der Waals surface area contributed by atoms with Crippen LogP contribution < -0.4 is 10.6 Å². The molecule has 0 aliphatic carbocycles. The Balaban J connectivity index is 2.44. The number of likely N-dealkylation sites (N-methyl/N-ethyl adjacent to an activating group) is 1. The van der Waals surface area contributed by atoms with Gasteiger partial charge in [0.2, 0.25) is 0 Å². The van der Waals surface area contributed by atoms with Gasteiger partial charge in [-0.3, -0.25) is 4.79 Å². The lowest BCUT2D eigenvalue weighted by Gasteiger charge is -2.15. The summed E-state index contributed by atoms with van der Waals surface area (Å²) < 4.78 is 0. The molecule has 1 aliphatic heterocycles. The average molecular weight is 158 g/mol. The quantitative estimate of drug-likeness (QED) is 0.514. The molecule has 0 spiro atoms. The van der Waals surface area contributed by atoms with E-state index >= 15 is 0 Å². The first-order valence-corrected chi connectivity index (χ1v) is 3.95. The van der Waals surface area contributed by atoms with Crippen LogP contribution in [0.15, 0.2) is 0 Å². The molecule has 3 N–H and O–H groups in total. The zero-order valence-corrected chi connectivity index (χ0v) is 6.63. The van der Waals surface area contributed by atoms with Gasteiger partial charge in [0.25, 0.3) is 0 Å². The van der Waals surface area contributed by atoms with Crippen molar-refractivity contribution in [2.75, 3.05) is 13.1 Å². The van der Waals surface area contributed by atoms with Gasteiger partial charge >= 0.3 is 5.97 Å². The second-order valence-corrected chi connectivity index (χ2v) is 2.72. The van der Waals surface area contributed by atoms with E-state index in [2.05, 4.69) is 10.6 Å². The van der Waals surface area contributed by atoms with E-state index in [1.165, 1.54) is 0 Å². The number of nitrogens with one attached hydrogen (secondary N) is 2. The molecule has 0 aromatic rings. The van der Waals surface area contributed by atoms with Gasteiger partial charge in [-0.05, 0) is 19.5 Å². The van der Waals surface area contributed by atoms with Crippen LogP contribution in [0, 0.1) is 0 Å². The normalized spacial score (nSPS) is 30.6. The van der Waals surface area contributed by atoms with Gasteiger partial charge in [0.05, 0.1) is 0 Å². The topological polar surface area (TPSA) is 61.4 Å². The Morgan fingerprint density at radius 3 is 3.09 bits per heavy atom. The lowest BCUT2D eigenvalue weighted by molar-refractivity contribution is -0.139. The molecule has 4 heteroatoms. The first-order valence-electron chi connectivity index (χ1n) is 3.95. The van der Waals surface area contributed by atoms with Gasteiger partial charge in [-0.15, -0.1) is 0 Å². The zero-order chi connectivity index (χ0) is 8.27. The second-order valence-electron chi connectivity index (χ2n) is 2.72. The summed E-state index contributed by atoms with van der Waals surface area (Å²) in [7, 11) is 0. The minimum Gasteiger partial charge on any atom is -0.480 e. The lowest BCUT2D eigenvalue weighted by Crippen LogP contribution is -2.45. The number of hydrogen-bond acceptors (Lipinski definition) is 3. The smallest absolute Gasteiger partial charge is 0.322 e. The molecule has 0 aromatic heterocycles. The molecule has 1 saturated heterocycles. The fraction of sp³-hybridized carbons (Fsp3) is 0.857. The molecule has 1 heterocycles. The average Bonchev–Trinajstić information content (AvgIpc) is 2.36. The lowest BCUT2D eigenvalue weighted by atomic mass is 10.1. The molecule has 0 radical (unpaired) electrons. The Hall–Kier alpha value is -0.610. The summed E-state index contributed by atoms with van der Waals surface area (Å²) in [5, 5.41) is 14.8. The van der Waals surface area contributed by atoms with Crippen LogP contribution in [0.4, 0.5) is 0 Å². The summed E-state index contributed by atoms with van der Waals surface area (Å²) in [5.74, 6) is -0.756. The number of aliphatic carboxylic acids is 1. The van der Waals surface area contributed by atoms with Crippen LogP contribution in [-0.2, 0) is 4.79 Å². The Labute approximate surface area is 66.0 Å². The van der Waals surface area contributed by atoms with E-state index < -0.39 is 12.0 Å². The minimum absolute atomic E-state index is 0.109. The maximum absolute atomic E-state index is 10.6. The third-order valence-electron chi connectivity index (χ3n) is 1.95. The molecule has 2 atom stereocenters. The van der Waals surface area contributed by atoms with Crippen molar-refractivity contribution in [3.8, 4) is 0 Å². The summed E-state index contributed by atoms with van der Waals surface area (Å²) >= 11 is 0. The van der Waals surface area contributed by atoms with E-state index in [0.717, 1.165) is 19.5 Å².